The molecule has 0 aromatic heterocycles. The van der Waals surface area contributed by atoms with Crippen LogP contribution in [0.3, 0.4) is 0 Å². The number of carbonyl (C=O) groups excluding carboxylic acids is 2. The summed E-state index contributed by atoms with van der Waals surface area (Å²) in [5.74, 6) is 0.0731. The van der Waals surface area contributed by atoms with Crippen molar-refractivity contribution in [3.05, 3.63) is 60.2 Å². The van der Waals surface area contributed by atoms with Crippen molar-refractivity contribution in [2.45, 2.75) is 19.3 Å². The van der Waals surface area contributed by atoms with Crippen LogP contribution in [0.25, 0.3) is 0 Å². The van der Waals surface area contributed by atoms with Crippen LogP contribution in [0.4, 0.5) is 11.4 Å². The summed E-state index contributed by atoms with van der Waals surface area (Å²) in [7, 11) is 0. The Hall–Kier alpha value is -2.37. The molecule has 1 aliphatic heterocycles. The molecule has 6 heteroatoms. The molecule has 1 saturated heterocycles. The third kappa shape index (κ3) is 4.31. The number of anilines is 2. The predicted octanol–water partition coefficient (Wildman–Crippen LogP) is 3.69. The lowest BCUT2D eigenvalue weighted by Gasteiger charge is -2.23. The molecule has 142 valence electrons. The van der Waals surface area contributed by atoms with Crippen LogP contribution >= 0.6 is 12.4 Å². The van der Waals surface area contributed by atoms with Gasteiger partial charge in [-0.2, -0.15) is 0 Å². The fourth-order valence-corrected chi connectivity index (χ4v) is 3.85. The van der Waals surface area contributed by atoms with Gasteiger partial charge in [-0.15, -0.1) is 12.4 Å². The Morgan fingerprint density at radius 3 is 2.19 bits per heavy atom. The van der Waals surface area contributed by atoms with Crippen molar-refractivity contribution in [1.29, 1.82) is 0 Å². The summed E-state index contributed by atoms with van der Waals surface area (Å²) < 4.78 is 0. The number of halogens is 1. The molecule has 27 heavy (non-hydrogen) atoms. The second-order valence-electron chi connectivity index (χ2n) is 7.26. The first-order valence-electron chi connectivity index (χ1n) is 9.14. The summed E-state index contributed by atoms with van der Waals surface area (Å²) in [4.78, 5) is 24.8. The first-order valence-corrected chi connectivity index (χ1v) is 9.14. The van der Waals surface area contributed by atoms with Crippen molar-refractivity contribution in [1.82, 2.24) is 5.32 Å². The molecule has 1 saturated carbocycles. The monoisotopic (exact) mass is 385 g/mol. The summed E-state index contributed by atoms with van der Waals surface area (Å²) in [6.45, 7) is 2.02. The van der Waals surface area contributed by atoms with Gasteiger partial charge in [-0.05, 0) is 74.2 Å². The molecule has 2 fully saturated rings. The fourth-order valence-electron chi connectivity index (χ4n) is 3.85. The van der Waals surface area contributed by atoms with E-state index in [4.69, 9.17) is 0 Å². The van der Waals surface area contributed by atoms with Crippen LogP contribution in [-0.4, -0.2) is 24.9 Å². The van der Waals surface area contributed by atoms with E-state index >= 15 is 0 Å². The topological polar surface area (TPSA) is 70.2 Å². The maximum absolute atomic E-state index is 12.5. The summed E-state index contributed by atoms with van der Waals surface area (Å²) in [6.07, 6.45) is 3.17. The van der Waals surface area contributed by atoms with Crippen LogP contribution in [0.1, 0.15) is 29.6 Å². The van der Waals surface area contributed by atoms with Crippen LogP contribution < -0.4 is 16.0 Å². The molecule has 2 aromatic carbocycles. The Kier molecular flexibility index (Phi) is 5.82. The number of hydrogen-bond acceptors (Lipinski definition) is 3. The molecular weight excluding hydrogens is 362 g/mol. The molecule has 0 bridgehead atoms. The van der Waals surface area contributed by atoms with Crippen molar-refractivity contribution in [3.8, 4) is 0 Å². The van der Waals surface area contributed by atoms with E-state index in [0.717, 1.165) is 43.7 Å². The molecule has 3 N–H and O–H groups in total. The van der Waals surface area contributed by atoms with Crippen LogP contribution in [0, 0.1) is 11.3 Å². The smallest absolute Gasteiger partial charge is 0.255 e. The van der Waals surface area contributed by atoms with Crippen LogP contribution in [0.15, 0.2) is 54.6 Å². The number of rotatable bonds is 4. The molecule has 0 radical (unpaired) electrons. The summed E-state index contributed by atoms with van der Waals surface area (Å²) in [6, 6.07) is 16.4. The molecule has 1 unspecified atom stereocenters. The van der Waals surface area contributed by atoms with Crippen LogP contribution in [0.5, 0.6) is 0 Å². The normalized spacial score (nSPS) is 19.6. The zero-order chi connectivity index (χ0) is 18.0. The maximum atomic E-state index is 12.5. The average Bonchev–Trinajstić information content (AvgIpc) is 3.36. The lowest BCUT2D eigenvalue weighted by atomic mass is 9.92. The average molecular weight is 386 g/mol. The molecule has 1 atom stereocenters. The molecule has 2 aromatic rings. The standard InChI is InChI=1S/C21H23N3O2.ClH/c25-19(23-16-4-2-1-3-5-16)15-6-8-17(9-7-15)24-20(26)18-14-21(18)10-12-22-13-11-21;/h1-9,18,22H,10-14H2,(H,23,25)(H,24,26);1H. The minimum atomic E-state index is -0.162. The first kappa shape index (κ1) is 19.4. The summed E-state index contributed by atoms with van der Waals surface area (Å²) >= 11 is 0. The zero-order valence-corrected chi connectivity index (χ0v) is 15.9. The largest absolute Gasteiger partial charge is 0.326 e. The van der Waals surface area contributed by atoms with E-state index in [9.17, 15) is 9.59 Å². The number of piperidine rings is 1. The number of benzene rings is 2. The van der Waals surface area contributed by atoms with Crippen molar-refractivity contribution in [3.63, 3.8) is 0 Å². The highest BCUT2D eigenvalue weighted by Crippen LogP contribution is 2.58. The molecule has 1 spiro atoms. The second kappa shape index (κ2) is 8.11. The second-order valence-corrected chi connectivity index (χ2v) is 7.26. The van der Waals surface area contributed by atoms with Gasteiger partial charge in [0.15, 0.2) is 0 Å². The maximum Gasteiger partial charge on any atom is 0.255 e. The fraction of sp³-hybridized carbons (Fsp3) is 0.333. The van der Waals surface area contributed by atoms with Gasteiger partial charge in [-0.25, -0.2) is 0 Å². The van der Waals surface area contributed by atoms with Gasteiger partial charge < -0.3 is 16.0 Å². The number of hydrogen-bond donors (Lipinski definition) is 3. The lowest BCUT2D eigenvalue weighted by molar-refractivity contribution is -0.118. The molecule has 2 amide bonds. The highest BCUT2D eigenvalue weighted by molar-refractivity contribution is 6.04. The van der Waals surface area contributed by atoms with Gasteiger partial charge >= 0.3 is 0 Å². The third-order valence-corrected chi connectivity index (χ3v) is 5.55. The minimum Gasteiger partial charge on any atom is -0.326 e. The highest BCUT2D eigenvalue weighted by Gasteiger charge is 2.57. The van der Waals surface area contributed by atoms with Crippen LogP contribution in [-0.2, 0) is 4.79 Å². The van der Waals surface area contributed by atoms with E-state index in [1.807, 2.05) is 30.3 Å². The van der Waals surface area contributed by atoms with E-state index in [1.165, 1.54) is 0 Å². The van der Waals surface area contributed by atoms with Crippen molar-refractivity contribution >= 4 is 35.6 Å². The highest BCUT2D eigenvalue weighted by atomic mass is 35.5. The zero-order valence-electron chi connectivity index (χ0n) is 15.0. The van der Waals surface area contributed by atoms with Gasteiger partial charge in [-0.1, -0.05) is 18.2 Å². The van der Waals surface area contributed by atoms with Crippen molar-refractivity contribution in [2.75, 3.05) is 23.7 Å². The minimum absolute atomic E-state index is 0. The Labute approximate surface area is 165 Å². The molecule has 2 aliphatic rings. The Bertz CT molecular complexity index is 802. The van der Waals surface area contributed by atoms with Gasteiger partial charge in [0.05, 0.1) is 0 Å². The number of amides is 2. The van der Waals surface area contributed by atoms with Crippen molar-refractivity contribution in [2.24, 2.45) is 11.3 Å². The van der Waals surface area contributed by atoms with E-state index in [0.29, 0.717) is 5.56 Å². The van der Waals surface area contributed by atoms with Crippen molar-refractivity contribution < 1.29 is 9.59 Å². The molecule has 5 nitrogen and oxygen atoms in total. The predicted molar refractivity (Wildman–Crippen MR) is 109 cm³/mol. The van der Waals surface area contributed by atoms with Gasteiger partial charge in [-0.3, -0.25) is 9.59 Å². The van der Waals surface area contributed by atoms with Gasteiger partial charge in [0.2, 0.25) is 5.91 Å². The Morgan fingerprint density at radius 1 is 0.889 bits per heavy atom. The van der Waals surface area contributed by atoms with Gasteiger partial charge in [0, 0.05) is 22.9 Å². The lowest BCUT2D eigenvalue weighted by Crippen LogP contribution is -2.31. The Morgan fingerprint density at radius 2 is 1.52 bits per heavy atom. The number of carbonyl (C=O) groups is 2. The third-order valence-electron chi connectivity index (χ3n) is 5.55. The molecule has 1 heterocycles. The first-order chi connectivity index (χ1) is 12.7. The summed E-state index contributed by atoms with van der Waals surface area (Å²) in [5, 5.41) is 9.21. The van der Waals surface area contributed by atoms with E-state index in [2.05, 4.69) is 16.0 Å². The van der Waals surface area contributed by atoms with Crippen LogP contribution in [0.2, 0.25) is 0 Å². The molecule has 4 rings (SSSR count). The van der Waals surface area contributed by atoms with E-state index in [1.54, 1.807) is 24.3 Å². The molecular formula is C21H24ClN3O2. The Balaban J connectivity index is 0.00000210. The van der Waals surface area contributed by atoms with Gasteiger partial charge in [0.1, 0.15) is 0 Å². The van der Waals surface area contributed by atoms with Gasteiger partial charge in [0.25, 0.3) is 5.91 Å². The summed E-state index contributed by atoms with van der Waals surface area (Å²) in [5.41, 5.74) is 2.29. The quantitative estimate of drug-likeness (QED) is 0.751. The van der Waals surface area contributed by atoms with E-state index < -0.39 is 0 Å². The SMILES string of the molecule is Cl.O=C(Nc1ccccc1)c1ccc(NC(=O)C2CC23CCNCC3)cc1. The van der Waals surface area contributed by atoms with E-state index in [-0.39, 0.29) is 35.6 Å². The number of nitrogens with one attached hydrogen (secondary N) is 3. The molecule has 1 aliphatic carbocycles. The number of para-hydroxylation sites is 1.